The molecular formula is C15H18ClN5O2. The normalized spacial score (nSPS) is 9.57. The molecule has 0 radical (unpaired) electrons. The molecule has 7 nitrogen and oxygen atoms in total. The lowest BCUT2D eigenvalue weighted by Gasteiger charge is -2.12. The van der Waals surface area contributed by atoms with Gasteiger partial charge in [-0.1, -0.05) is 37.6 Å². The van der Waals surface area contributed by atoms with Crippen molar-refractivity contribution in [2.75, 3.05) is 11.1 Å². The van der Waals surface area contributed by atoms with E-state index in [1.165, 1.54) is 6.07 Å². The quantitative estimate of drug-likeness (QED) is 0.502. The van der Waals surface area contributed by atoms with Crippen LogP contribution in [0, 0.1) is 12.3 Å². The number of halogens is 1. The molecular weight excluding hydrogens is 318 g/mol. The van der Waals surface area contributed by atoms with Crippen LogP contribution >= 0.6 is 11.6 Å². The molecule has 1 aromatic carbocycles. The van der Waals surface area contributed by atoms with Crippen molar-refractivity contribution >= 4 is 40.7 Å². The van der Waals surface area contributed by atoms with Crippen LogP contribution in [0.25, 0.3) is 0 Å². The zero-order chi connectivity index (χ0) is 17.6. The molecule has 2 rings (SSSR count). The predicted octanol–water partition coefficient (Wildman–Crippen LogP) is 3.24. The van der Waals surface area contributed by atoms with E-state index in [9.17, 15) is 4.79 Å². The number of aromatic nitrogens is 2. The SMILES string of the molecule is CC.Cc1ccc(C(=N)C(=O)O)c(Nc2cc(Cl)nc(N)n2)c1. The van der Waals surface area contributed by atoms with Crippen LogP contribution in [0.5, 0.6) is 0 Å². The third-order valence-electron chi connectivity index (χ3n) is 2.63. The molecule has 0 saturated heterocycles. The molecule has 5 N–H and O–H groups in total. The van der Waals surface area contributed by atoms with Gasteiger partial charge in [0.15, 0.2) is 0 Å². The van der Waals surface area contributed by atoms with Crippen LogP contribution in [0.3, 0.4) is 0 Å². The van der Waals surface area contributed by atoms with E-state index in [1.54, 1.807) is 18.2 Å². The second-order valence-corrected chi connectivity index (χ2v) is 4.68. The van der Waals surface area contributed by atoms with Crippen molar-refractivity contribution in [2.24, 2.45) is 0 Å². The number of benzene rings is 1. The summed E-state index contributed by atoms with van der Waals surface area (Å²) in [6, 6.07) is 6.44. The second-order valence-electron chi connectivity index (χ2n) is 4.29. The van der Waals surface area contributed by atoms with Crippen molar-refractivity contribution in [3.8, 4) is 0 Å². The Morgan fingerprint density at radius 1 is 1.30 bits per heavy atom. The first kappa shape index (κ1) is 18.4. The summed E-state index contributed by atoms with van der Waals surface area (Å²) < 4.78 is 0. The topological polar surface area (TPSA) is 125 Å². The van der Waals surface area contributed by atoms with Gasteiger partial charge < -0.3 is 16.2 Å². The molecule has 1 aromatic heterocycles. The van der Waals surface area contributed by atoms with Gasteiger partial charge in [-0.15, -0.1) is 0 Å². The van der Waals surface area contributed by atoms with Crippen molar-refractivity contribution in [3.63, 3.8) is 0 Å². The smallest absolute Gasteiger partial charge is 0.354 e. The molecule has 0 fully saturated rings. The summed E-state index contributed by atoms with van der Waals surface area (Å²) in [5.41, 5.74) is 6.54. The fourth-order valence-corrected chi connectivity index (χ4v) is 1.92. The minimum Gasteiger partial charge on any atom is -0.477 e. The van der Waals surface area contributed by atoms with E-state index in [-0.39, 0.29) is 16.7 Å². The highest BCUT2D eigenvalue weighted by Gasteiger charge is 2.15. The molecule has 23 heavy (non-hydrogen) atoms. The van der Waals surface area contributed by atoms with Gasteiger partial charge in [-0.25, -0.2) is 9.78 Å². The Labute approximate surface area is 139 Å². The van der Waals surface area contributed by atoms with Gasteiger partial charge in [0, 0.05) is 17.3 Å². The Morgan fingerprint density at radius 2 is 1.96 bits per heavy atom. The van der Waals surface area contributed by atoms with Crippen LogP contribution in [0.15, 0.2) is 24.3 Å². The lowest BCUT2D eigenvalue weighted by molar-refractivity contribution is -0.129. The molecule has 2 aromatic rings. The number of carboxylic acid groups (broad SMARTS) is 1. The van der Waals surface area contributed by atoms with Crippen molar-refractivity contribution < 1.29 is 9.90 Å². The predicted molar refractivity (Wildman–Crippen MR) is 91.7 cm³/mol. The molecule has 0 unspecified atom stereocenters. The second kappa shape index (κ2) is 8.09. The average Bonchev–Trinajstić information content (AvgIpc) is 2.47. The number of hydrogen-bond donors (Lipinski definition) is 4. The summed E-state index contributed by atoms with van der Waals surface area (Å²) in [7, 11) is 0. The average molecular weight is 336 g/mol. The highest BCUT2D eigenvalue weighted by molar-refractivity contribution is 6.42. The molecule has 0 bridgehead atoms. The molecule has 0 saturated carbocycles. The minimum absolute atomic E-state index is 0.00693. The van der Waals surface area contributed by atoms with Crippen LogP contribution in [0.4, 0.5) is 17.5 Å². The van der Waals surface area contributed by atoms with E-state index in [0.29, 0.717) is 11.5 Å². The maximum atomic E-state index is 11.0. The third-order valence-corrected chi connectivity index (χ3v) is 2.83. The van der Waals surface area contributed by atoms with Crippen molar-refractivity contribution in [1.29, 1.82) is 5.41 Å². The third kappa shape index (κ3) is 4.93. The first-order valence-electron chi connectivity index (χ1n) is 6.87. The number of carbonyl (C=O) groups is 1. The largest absolute Gasteiger partial charge is 0.477 e. The fraction of sp³-hybridized carbons (Fsp3) is 0.200. The van der Waals surface area contributed by atoms with Crippen LogP contribution < -0.4 is 11.1 Å². The Hall–Kier alpha value is -2.67. The first-order chi connectivity index (χ1) is 10.9. The van der Waals surface area contributed by atoms with Gasteiger partial charge in [0.2, 0.25) is 5.95 Å². The van der Waals surface area contributed by atoms with Crippen LogP contribution in [-0.4, -0.2) is 26.8 Å². The number of nitrogens with two attached hydrogens (primary N) is 1. The molecule has 0 aliphatic carbocycles. The number of anilines is 3. The summed E-state index contributed by atoms with van der Waals surface area (Å²) >= 11 is 5.79. The van der Waals surface area contributed by atoms with Gasteiger partial charge in [0.05, 0.1) is 0 Å². The fourth-order valence-electron chi connectivity index (χ4n) is 1.73. The number of aliphatic carboxylic acids is 1. The Kier molecular flexibility index (Phi) is 6.47. The summed E-state index contributed by atoms with van der Waals surface area (Å²) in [4.78, 5) is 18.7. The number of nitrogens with one attached hydrogen (secondary N) is 2. The van der Waals surface area contributed by atoms with E-state index >= 15 is 0 Å². The maximum Gasteiger partial charge on any atom is 0.354 e. The number of hydrogen-bond acceptors (Lipinski definition) is 6. The monoisotopic (exact) mass is 335 g/mol. The number of rotatable bonds is 4. The zero-order valence-electron chi connectivity index (χ0n) is 13.0. The van der Waals surface area contributed by atoms with Gasteiger partial charge in [-0.05, 0) is 18.6 Å². The Balaban J connectivity index is 0.00000127. The highest BCUT2D eigenvalue weighted by Crippen LogP contribution is 2.23. The van der Waals surface area contributed by atoms with Crippen molar-refractivity contribution in [1.82, 2.24) is 9.97 Å². The maximum absolute atomic E-state index is 11.0. The molecule has 0 aliphatic rings. The number of carboxylic acids is 1. The van der Waals surface area contributed by atoms with Crippen molar-refractivity contribution in [2.45, 2.75) is 20.8 Å². The molecule has 0 aliphatic heterocycles. The number of aryl methyl sites for hydroxylation is 1. The molecule has 0 spiro atoms. The van der Waals surface area contributed by atoms with Gasteiger partial charge in [-0.2, -0.15) is 4.98 Å². The number of nitrogen functional groups attached to an aromatic ring is 1. The standard InChI is InChI=1S/C13H12ClN5O2.C2H6/c1-6-2-3-7(11(15)12(20)21)8(4-6)17-10-5-9(14)18-13(16)19-10;1-2/h2-5,15H,1H3,(H,20,21)(H3,16,17,18,19);1-2H3. The summed E-state index contributed by atoms with van der Waals surface area (Å²) in [6.07, 6.45) is 0. The minimum atomic E-state index is -1.32. The summed E-state index contributed by atoms with van der Waals surface area (Å²) in [6.45, 7) is 5.85. The van der Waals surface area contributed by atoms with E-state index in [0.717, 1.165) is 5.56 Å². The van der Waals surface area contributed by atoms with E-state index in [4.69, 9.17) is 27.9 Å². The Morgan fingerprint density at radius 3 is 2.52 bits per heavy atom. The molecule has 0 amide bonds. The first-order valence-corrected chi connectivity index (χ1v) is 7.24. The van der Waals surface area contributed by atoms with Gasteiger partial charge >= 0.3 is 5.97 Å². The summed E-state index contributed by atoms with van der Waals surface area (Å²) in [5, 5.41) is 19.7. The lowest BCUT2D eigenvalue weighted by Crippen LogP contribution is -2.15. The van der Waals surface area contributed by atoms with Gasteiger partial charge in [0.25, 0.3) is 0 Å². The number of nitrogens with zero attached hydrogens (tertiary/aromatic N) is 2. The Bertz CT molecular complexity index is 714. The highest BCUT2D eigenvalue weighted by atomic mass is 35.5. The lowest BCUT2D eigenvalue weighted by atomic mass is 10.1. The van der Waals surface area contributed by atoms with E-state index < -0.39 is 11.7 Å². The van der Waals surface area contributed by atoms with Crippen LogP contribution in [0.1, 0.15) is 25.0 Å². The molecule has 1 heterocycles. The van der Waals surface area contributed by atoms with E-state index in [1.807, 2.05) is 20.8 Å². The van der Waals surface area contributed by atoms with Crippen LogP contribution in [-0.2, 0) is 4.79 Å². The van der Waals surface area contributed by atoms with Crippen LogP contribution in [0.2, 0.25) is 5.15 Å². The molecule has 0 atom stereocenters. The summed E-state index contributed by atoms with van der Waals surface area (Å²) in [5.74, 6) is -1.01. The molecule has 122 valence electrons. The van der Waals surface area contributed by atoms with Crippen molar-refractivity contribution in [3.05, 3.63) is 40.5 Å². The van der Waals surface area contributed by atoms with Gasteiger partial charge in [-0.3, -0.25) is 5.41 Å². The van der Waals surface area contributed by atoms with Gasteiger partial charge in [0.1, 0.15) is 16.7 Å². The molecule has 8 heteroatoms. The van der Waals surface area contributed by atoms with E-state index in [2.05, 4.69) is 15.3 Å². The zero-order valence-corrected chi connectivity index (χ0v) is 13.8.